The van der Waals surface area contributed by atoms with Gasteiger partial charge in [0.25, 0.3) is 5.69 Å². The van der Waals surface area contributed by atoms with Gasteiger partial charge in [0.2, 0.25) is 0 Å². The Morgan fingerprint density at radius 3 is 2.56 bits per heavy atom. The molecule has 0 fully saturated rings. The van der Waals surface area contributed by atoms with Gasteiger partial charge in [-0.2, -0.15) is 9.99 Å². The van der Waals surface area contributed by atoms with Gasteiger partial charge < -0.3 is 20.3 Å². The minimum absolute atomic E-state index is 0.0244. The summed E-state index contributed by atoms with van der Waals surface area (Å²) in [5.41, 5.74) is -0.951. The summed E-state index contributed by atoms with van der Waals surface area (Å²) in [5, 5.41) is 45.6. The predicted molar refractivity (Wildman–Crippen MR) is 91.4 cm³/mol. The lowest BCUT2D eigenvalue weighted by atomic mass is 10.0. The molecule has 130 valence electrons. The maximum Gasteiger partial charge on any atom is 0.288 e. The highest BCUT2D eigenvalue weighted by atomic mass is 35.5. The maximum absolute atomic E-state index is 12.2. The first-order chi connectivity index (χ1) is 11.6. The molecule has 1 heterocycles. The number of phenolic OH excluding ortho intramolecular Hbond substituents is 1. The van der Waals surface area contributed by atoms with Gasteiger partial charge in [-0.3, -0.25) is 0 Å². The number of nitriles is 1. The topological polar surface area (TPSA) is 113 Å². The van der Waals surface area contributed by atoms with Crippen molar-refractivity contribution in [2.45, 2.75) is 26.4 Å². The first-order valence-corrected chi connectivity index (χ1v) is 7.62. The van der Waals surface area contributed by atoms with Crippen LogP contribution in [-0.2, 0) is 4.84 Å². The van der Waals surface area contributed by atoms with Crippen LogP contribution in [0.3, 0.4) is 0 Å². The van der Waals surface area contributed by atoms with Crippen LogP contribution in [0, 0.1) is 16.5 Å². The zero-order valence-electron chi connectivity index (χ0n) is 13.8. The zero-order valence-corrected chi connectivity index (χ0v) is 14.6. The Hall–Kier alpha value is -2.98. The summed E-state index contributed by atoms with van der Waals surface area (Å²) in [5.74, 6) is -0.676. The number of rotatable bonds is 3. The number of aromatic nitrogens is 1. The third-order valence-corrected chi connectivity index (χ3v) is 3.35. The van der Waals surface area contributed by atoms with Crippen LogP contribution in [0.1, 0.15) is 37.6 Å². The average Bonchev–Trinajstić information content (AvgIpc) is 2.50. The van der Waals surface area contributed by atoms with E-state index in [4.69, 9.17) is 21.7 Å². The lowest BCUT2D eigenvalue weighted by molar-refractivity contribution is -0.607. The number of phenols is 1. The van der Waals surface area contributed by atoms with Crippen molar-refractivity contribution in [2.24, 2.45) is 5.16 Å². The highest BCUT2D eigenvalue weighted by molar-refractivity contribution is 6.32. The van der Waals surface area contributed by atoms with Crippen LogP contribution in [-0.4, -0.2) is 21.5 Å². The highest BCUT2D eigenvalue weighted by Gasteiger charge is 2.27. The van der Waals surface area contributed by atoms with Crippen molar-refractivity contribution in [2.75, 3.05) is 0 Å². The number of benzene rings is 1. The fourth-order valence-corrected chi connectivity index (χ4v) is 2.15. The quantitative estimate of drug-likeness (QED) is 0.377. The Kier molecular flexibility index (Phi) is 5.04. The summed E-state index contributed by atoms with van der Waals surface area (Å²) in [6.07, 6.45) is 1.17. The molecule has 0 aliphatic carbocycles. The molecular weight excluding hydrogens is 346 g/mol. The lowest BCUT2D eigenvalue weighted by Crippen LogP contribution is -2.35. The normalized spacial score (nSPS) is 11.9. The van der Waals surface area contributed by atoms with Gasteiger partial charge in [-0.05, 0) is 32.9 Å². The molecule has 0 radical (unpaired) electrons. The fraction of sp³-hybridized carbons (Fsp3) is 0.235. The van der Waals surface area contributed by atoms with Crippen molar-refractivity contribution in [3.05, 3.63) is 57.5 Å². The van der Waals surface area contributed by atoms with Crippen molar-refractivity contribution < 1.29 is 19.8 Å². The number of halogens is 1. The molecule has 7 nitrogen and oxygen atoms in total. The van der Waals surface area contributed by atoms with Crippen molar-refractivity contribution in [3.63, 3.8) is 0 Å². The highest BCUT2D eigenvalue weighted by Crippen LogP contribution is 2.30. The van der Waals surface area contributed by atoms with Crippen LogP contribution >= 0.6 is 11.6 Å². The van der Waals surface area contributed by atoms with E-state index in [2.05, 4.69) is 5.16 Å². The third kappa shape index (κ3) is 4.11. The van der Waals surface area contributed by atoms with E-state index in [9.17, 15) is 15.4 Å². The SMILES string of the molecule is CC(C)(C)ON=C(c1cc(C#N)c(Cl)cc1O)c1c(O)ccc[n+]1[O-]. The summed E-state index contributed by atoms with van der Waals surface area (Å²) < 4.78 is 0.389. The molecular formula is C17H16ClN3O4. The molecule has 1 aromatic heterocycles. The molecule has 0 unspecified atom stereocenters. The minimum atomic E-state index is -0.691. The second kappa shape index (κ2) is 6.87. The average molecular weight is 362 g/mol. The molecule has 0 atom stereocenters. The summed E-state index contributed by atoms with van der Waals surface area (Å²) in [7, 11) is 0. The van der Waals surface area contributed by atoms with Gasteiger partial charge >= 0.3 is 0 Å². The number of hydrogen-bond acceptors (Lipinski definition) is 6. The molecule has 0 aliphatic rings. The van der Waals surface area contributed by atoms with Crippen molar-refractivity contribution in [3.8, 4) is 17.6 Å². The molecule has 1 aromatic carbocycles. The van der Waals surface area contributed by atoms with Crippen molar-refractivity contribution in [1.82, 2.24) is 0 Å². The van der Waals surface area contributed by atoms with E-state index in [0.717, 1.165) is 6.07 Å². The second-order valence-electron chi connectivity index (χ2n) is 6.17. The molecule has 0 aliphatic heterocycles. The summed E-state index contributed by atoms with van der Waals surface area (Å²) in [6.45, 7) is 5.23. The van der Waals surface area contributed by atoms with E-state index < -0.39 is 5.60 Å². The van der Waals surface area contributed by atoms with Gasteiger partial charge in [0.05, 0.1) is 16.1 Å². The van der Waals surface area contributed by atoms with Crippen molar-refractivity contribution in [1.29, 1.82) is 5.26 Å². The molecule has 0 bridgehead atoms. The second-order valence-corrected chi connectivity index (χ2v) is 6.58. The van der Waals surface area contributed by atoms with Crippen LogP contribution in [0.5, 0.6) is 11.5 Å². The van der Waals surface area contributed by atoms with Gasteiger partial charge in [0.15, 0.2) is 17.7 Å². The molecule has 2 rings (SSSR count). The summed E-state index contributed by atoms with van der Waals surface area (Å²) in [6, 6.07) is 6.98. The Morgan fingerprint density at radius 1 is 1.32 bits per heavy atom. The lowest BCUT2D eigenvalue weighted by Gasteiger charge is -2.17. The monoisotopic (exact) mass is 361 g/mol. The number of nitrogens with zero attached hydrogens (tertiary/aromatic N) is 3. The fourth-order valence-electron chi connectivity index (χ4n) is 1.95. The number of pyridine rings is 1. The molecule has 0 saturated carbocycles. The molecule has 0 amide bonds. The number of oxime groups is 1. The van der Waals surface area contributed by atoms with Crippen molar-refractivity contribution >= 4 is 17.3 Å². The third-order valence-electron chi connectivity index (χ3n) is 3.03. The Labute approximate surface area is 149 Å². The molecule has 8 heteroatoms. The van der Waals surface area contributed by atoms with Crippen LogP contribution in [0.15, 0.2) is 35.6 Å². The number of aromatic hydroxyl groups is 2. The van der Waals surface area contributed by atoms with E-state index in [1.807, 2.05) is 6.07 Å². The molecule has 0 saturated heterocycles. The van der Waals surface area contributed by atoms with Gasteiger partial charge in [0, 0.05) is 12.1 Å². The van der Waals surface area contributed by atoms with Crippen LogP contribution in [0.25, 0.3) is 0 Å². The standard InChI is InChI=1S/C17H16ClN3O4/c1-17(2,3)25-20-15(16-13(22)5-4-6-21(16)24)11-7-10(9-19)12(18)8-14(11)23/h4-8,22-23H,1-3H3. The first-order valence-electron chi connectivity index (χ1n) is 7.24. The van der Waals surface area contributed by atoms with Crippen LogP contribution < -0.4 is 4.73 Å². The molecule has 2 N–H and O–H groups in total. The molecule has 25 heavy (non-hydrogen) atoms. The van der Waals surface area contributed by atoms with Gasteiger partial charge in [-0.15, -0.1) is 0 Å². The zero-order chi connectivity index (χ0) is 18.8. The largest absolute Gasteiger partial charge is 0.618 e. The van der Waals surface area contributed by atoms with E-state index >= 15 is 0 Å². The van der Waals surface area contributed by atoms with E-state index in [1.165, 1.54) is 24.4 Å². The predicted octanol–water partition coefficient (Wildman–Crippen LogP) is 2.82. The van der Waals surface area contributed by atoms with E-state index in [0.29, 0.717) is 4.73 Å². The maximum atomic E-state index is 12.2. The Balaban J connectivity index is 2.76. The molecule has 0 spiro atoms. The smallest absolute Gasteiger partial charge is 0.288 e. The van der Waals surface area contributed by atoms with Crippen LogP contribution in [0.4, 0.5) is 0 Å². The minimum Gasteiger partial charge on any atom is -0.618 e. The Bertz CT molecular complexity index is 862. The van der Waals surface area contributed by atoms with Gasteiger partial charge in [-0.25, -0.2) is 0 Å². The summed E-state index contributed by atoms with van der Waals surface area (Å²) >= 11 is 5.89. The van der Waals surface area contributed by atoms with Gasteiger partial charge in [-0.1, -0.05) is 16.8 Å². The van der Waals surface area contributed by atoms with E-state index in [-0.39, 0.29) is 39.1 Å². The first kappa shape index (κ1) is 18.4. The summed E-state index contributed by atoms with van der Waals surface area (Å²) in [4.78, 5) is 5.37. The molecule has 2 aromatic rings. The Morgan fingerprint density at radius 2 is 2.00 bits per heavy atom. The van der Waals surface area contributed by atoms with Crippen LogP contribution in [0.2, 0.25) is 5.02 Å². The number of hydrogen-bond donors (Lipinski definition) is 2. The van der Waals surface area contributed by atoms with E-state index in [1.54, 1.807) is 20.8 Å². The van der Waals surface area contributed by atoms with Gasteiger partial charge in [0.1, 0.15) is 17.4 Å².